The lowest BCUT2D eigenvalue weighted by Crippen LogP contribution is -2.21. The first-order valence-electron chi connectivity index (χ1n) is 11.4. The summed E-state index contributed by atoms with van der Waals surface area (Å²) in [6.07, 6.45) is 2.24. The summed E-state index contributed by atoms with van der Waals surface area (Å²) in [6.45, 7) is 3.61. The molecule has 0 spiro atoms. The molecule has 10 nitrogen and oxygen atoms in total. The highest BCUT2D eigenvalue weighted by Gasteiger charge is 2.15. The summed E-state index contributed by atoms with van der Waals surface area (Å²) in [5, 5.41) is 17.0. The van der Waals surface area contributed by atoms with Crippen LogP contribution in [0.3, 0.4) is 0 Å². The molecule has 2 atom stereocenters. The third-order valence-electron chi connectivity index (χ3n) is 5.33. The Hall–Kier alpha value is -3.96. The Morgan fingerprint density at radius 1 is 1.22 bits per heavy atom. The molecule has 0 aliphatic heterocycles. The highest BCUT2D eigenvalue weighted by Crippen LogP contribution is 2.30. The van der Waals surface area contributed by atoms with Gasteiger partial charge < -0.3 is 25.5 Å². The number of hydrogen-bond donors (Lipinski definition) is 4. The Balaban J connectivity index is 1.61. The fraction of sp³-hybridized carbons (Fsp3) is 0.240. The van der Waals surface area contributed by atoms with E-state index in [0.29, 0.717) is 22.3 Å². The Labute approximate surface area is 209 Å². The minimum Gasteiger partial charge on any atom is -0.448 e. The highest BCUT2D eigenvalue weighted by atomic mass is 32.2. The van der Waals surface area contributed by atoms with Gasteiger partial charge in [-0.2, -0.15) is 4.98 Å². The molecule has 4 N–H and O–H groups in total. The molecule has 188 valence electrons. The van der Waals surface area contributed by atoms with Crippen molar-refractivity contribution in [3.8, 4) is 11.3 Å². The van der Waals surface area contributed by atoms with E-state index in [2.05, 4.69) is 29.9 Å². The number of nitrogens with one attached hydrogen (secondary N) is 3. The largest absolute Gasteiger partial charge is 0.448 e. The lowest BCUT2D eigenvalue weighted by atomic mass is 10.2. The van der Waals surface area contributed by atoms with Crippen molar-refractivity contribution in [1.82, 2.24) is 15.0 Å². The van der Waals surface area contributed by atoms with Gasteiger partial charge in [-0.05, 0) is 50.2 Å². The van der Waals surface area contributed by atoms with Gasteiger partial charge in [0, 0.05) is 40.0 Å². The number of aliphatic hydroxyl groups is 1. The number of hydrogen-bond acceptors (Lipinski definition) is 8. The summed E-state index contributed by atoms with van der Waals surface area (Å²) in [6, 6.07) is 16.4. The van der Waals surface area contributed by atoms with Crippen LogP contribution in [0.15, 0.2) is 70.1 Å². The number of H-pyrrole nitrogens is 1. The SMILES string of the molecule is CCOC(=O)N=S(C)(=O)c1ccc(Nc2ncc(-c3cc4ccccc4[nH]3)c(N[C@H](C)CO)n2)cc1. The molecule has 2 aromatic heterocycles. The van der Waals surface area contributed by atoms with Crippen LogP contribution in [0.5, 0.6) is 0 Å². The van der Waals surface area contributed by atoms with E-state index in [4.69, 9.17) is 4.74 Å². The number of ether oxygens (including phenoxy) is 1. The zero-order valence-electron chi connectivity index (χ0n) is 20.2. The molecule has 0 aliphatic carbocycles. The molecular formula is C25H28N6O4S. The topological polar surface area (TPSA) is 142 Å². The van der Waals surface area contributed by atoms with Crippen molar-refractivity contribution in [2.24, 2.45) is 4.36 Å². The number of aromatic amines is 1. The van der Waals surface area contributed by atoms with E-state index in [1.54, 1.807) is 37.4 Å². The van der Waals surface area contributed by atoms with Crippen LogP contribution < -0.4 is 10.6 Å². The minimum atomic E-state index is -2.94. The van der Waals surface area contributed by atoms with E-state index in [-0.39, 0.29) is 19.3 Å². The van der Waals surface area contributed by atoms with Gasteiger partial charge in [-0.3, -0.25) is 0 Å². The fourth-order valence-electron chi connectivity index (χ4n) is 3.51. The monoisotopic (exact) mass is 508 g/mol. The van der Waals surface area contributed by atoms with Crippen molar-refractivity contribution in [2.75, 3.05) is 30.1 Å². The second-order valence-electron chi connectivity index (χ2n) is 8.20. The van der Waals surface area contributed by atoms with Gasteiger partial charge in [0.25, 0.3) is 0 Å². The first-order chi connectivity index (χ1) is 17.3. The number of aliphatic hydroxyl groups excluding tert-OH is 1. The molecule has 4 aromatic rings. The van der Waals surface area contributed by atoms with E-state index in [0.717, 1.165) is 22.2 Å². The van der Waals surface area contributed by atoms with E-state index in [1.807, 2.05) is 37.3 Å². The van der Waals surface area contributed by atoms with Gasteiger partial charge in [0.2, 0.25) is 5.95 Å². The lowest BCUT2D eigenvalue weighted by molar-refractivity contribution is 0.164. The summed E-state index contributed by atoms with van der Waals surface area (Å²) < 4.78 is 21.3. The van der Waals surface area contributed by atoms with Crippen LogP contribution in [0.25, 0.3) is 22.2 Å². The molecule has 0 radical (unpaired) electrons. The van der Waals surface area contributed by atoms with Gasteiger partial charge in [0.1, 0.15) is 5.82 Å². The van der Waals surface area contributed by atoms with Gasteiger partial charge in [0.15, 0.2) is 0 Å². The number of aromatic nitrogens is 3. The summed E-state index contributed by atoms with van der Waals surface area (Å²) in [4.78, 5) is 24.5. The maximum Gasteiger partial charge on any atom is 0.442 e. The number of carbonyl (C=O) groups excluding carboxylic acids is 1. The third-order valence-corrected chi connectivity index (χ3v) is 6.97. The Morgan fingerprint density at radius 2 is 1.97 bits per heavy atom. The summed E-state index contributed by atoms with van der Waals surface area (Å²) in [7, 11) is -2.94. The van der Waals surface area contributed by atoms with Crippen LogP contribution in [0, 0.1) is 0 Å². The smallest absolute Gasteiger partial charge is 0.442 e. The molecule has 0 saturated carbocycles. The van der Waals surface area contributed by atoms with Crippen LogP contribution in [-0.2, 0) is 14.5 Å². The van der Waals surface area contributed by atoms with E-state index in [9.17, 15) is 14.1 Å². The number of carbonyl (C=O) groups is 1. The van der Waals surface area contributed by atoms with Crippen molar-refractivity contribution in [2.45, 2.75) is 24.8 Å². The molecule has 4 rings (SSSR count). The molecule has 1 unspecified atom stereocenters. The predicted octanol–water partition coefficient (Wildman–Crippen LogP) is 4.77. The van der Waals surface area contributed by atoms with Gasteiger partial charge >= 0.3 is 6.09 Å². The first kappa shape index (κ1) is 25.1. The van der Waals surface area contributed by atoms with Crippen LogP contribution >= 0.6 is 0 Å². The molecule has 0 bridgehead atoms. The third kappa shape index (κ3) is 5.81. The molecule has 36 heavy (non-hydrogen) atoms. The number of fused-ring (bicyclic) bond motifs is 1. The molecule has 0 aliphatic rings. The first-order valence-corrected chi connectivity index (χ1v) is 13.3. The van der Waals surface area contributed by atoms with Crippen LogP contribution in [-0.4, -0.2) is 55.9 Å². The number of anilines is 3. The van der Waals surface area contributed by atoms with Crippen molar-refractivity contribution in [3.63, 3.8) is 0 Å². The van der Waals surface area contributed by atoms with Crippen molar-refractivity contribution >= 4 is 44.2 Å². The molecule has 2 aromatic carbocycles. The maximum atomic E-state index is 12.8. The highest BCUT2D eigenvalue weighted by molar-refractivity contribution is 7.93. The van der Waals surface area contributed by atoms with Crippen molar-refractivity contribution in [3.05, 3.63) is 60.8 Å². The van der Waals surface area contributed by atoms with Crippen molar-refractivity contribution < 1.29 is 18.8 Å². The van der Waals surface area contributed by atoms with Crippen LogP contribution in [0.1, 0.15) is 13.8 Å². The van der Waals surface area contributed by atoms with Crippen LogP contribution in [0.4, 0.5) is 22.2 Å². The van der Waals surface area contributed by atoms with Gasteiger partial charge in [-0.1, -0.05) is 18.2 Å². The average Bonchev–Trinajstić information content (AvgIpc) is 3.28. The fourth-order valence-corrected chi connectivity index (χ4v) is 4.59. The Kier molecular flexibility index (Phi) is 7.51. The molecule has 2 heterocycles. The van der Waals surface area contributed by atoms with Crippen molar-refractivity contribution in [1.29, 1.82) is 0 Å². The normalized spacial score (nSPS) is 13.6. The molecule has 1 amide bonds. The summed E-state index contributed by atoms with van der Waals surface area (Å²) in [5.74, 6) is 0.894. The quantitative estimate of drug-likeness (QED) is 0.267. The average molecular weight is 509 g/mol. The zero-order valence-corrected chi connectivity index (χ0v) is 21.0. The lowest BCUT2D eigenvalue weighted by Gasteiger charge is -2.16. The number of amides is 1. The summed E-state index contributed by atoms with van der Waals surface area (Å²) in [5.41, 5.74) is 3.27. The standard InChI is InChI=1S/C25H28N6O4S/c1-4-35-25(33)31-36(3,34)19-11-9-18(10-12-19)28-24-26-14-20(23(30-24)27-16(2)15-32)22-13-17-7-5-6-8-21(17)29-22/h5-14,16,29,32H,4,15H2,1-3H3,(H2,26,27,28,30)/t16-,36?/m1/s1. The second-order valence-corrected chi connectivity index (χ2v) is 10.5. The minimum absolute atomic E-state index is 0.0620. The van der Waals surface area contributed by atoms with Gasteiger partial charge in [-0.25, -0.2) is 14.0 Å². The molecule has 0 fully saturated rings. The summed E-state index contributed by atoms with van der Waals surface area (Å²) >= 11 is 0. The second kappa shape index (κ2) is 10.8. The predicted molar refractivity (Wildman–Crippen MR) is 141 cm³/mol. The molecule has 11 heteroatoms. The van der Waals surface area contributed by atoms with Gasteiger partial charge in [0.05, 0.1) is 34.2 Å². The van der Waals surface area contributed by atoms with E-state index < -0.39 is 15.8 Å². The maximum absolute atomic E-state index is 12.8. The number of benzene rings is 2. The number of para-hydroxylation sites is 1. The van der Waals surface area contributed by atoms with E-state index in [1.165, 1.54) is 6.26 Å². The number of nitrogens with zero attached hydrogens (tertiary/aromatic N) is 3. The Morgan fingerprint density at radius 3 is 2.67 bits per heavy atom. The van der Waals surface area contributed by atoms with E-state index >= 15 is 0 Å². The van der Waals surface area contributed by atoms with Gasteiger partial charge in [-0.15, -0.1) is 4.36 Å². The Bertz CT molecular complexity index is 1460. The zero-order chi connectivity index (χ0) is 25.7. The molecular weight excluding hydrogens is 480 g/mol. The number of rotatable bonds is 8. The molecule has 0 saturated heterocycles. The van der Waals surface area contributed by atoms with Crippen LogP contribution in [0.2, 0.25) is 0 Å².